The molecule has 1 amide bonds. The molecule has 1 heterocycles. The van der Waals surface area contributed by atoms with Crippen LogP contribution in [0.15, 0.2) is 84.0 Å². The maximum Gasteiger partial charge on any atom is 0.269 e. The second-order valence-corrected chi connectivity index (χ2v) is 9.05. The lowest BCUT2D eigenvalue weighted by Crippen LogP contribution is -2.34. The van der Waals surface area contributed by atoms with Crippen LogP contribution in [-0.2, 0) is 21.7 Å². The summed E-state index contributed by atoms with van der Waals surface area (Å²) in [6.07, 6.45) is 0.435. The number of hydrogen-bond donors (Lipinski definition) is 1. The molecule has 0 saturated carbocycles. The summed E-state index contributed by atoms with van der Waals surface area (Å²) in [5, 5.41) is 23.5. The average Bonchev–Trinajstić information content (AvgIpc) is 3.33. The molecule has 1 unspecified atom stereocenters. The number of hydrogen-bond acceptors (Lipinski definition) is 7. The van der Waals surface area contributed by atoms with Gasteiger partial charge in [-0.15, -0.1) is 10.2 Å². The van der Waals surface area contributed by atoms with Gasteiger partial charge >= 0.3 is 0 Å². The van der Waals surface area contributed by atoms with Crippen molar-refractivity contribution in [3.8, 4) is 5.69 Å². The van der Waals surface area contributed by atoms with Crippen LogP contribution in [0.4, 0.5) is 10.1 Å². The molecule has 0 aliphatic rings. The van der Waals surface area contributed by atoms with Crippen LogP contribution in [0.3, 0.4) is 0 Å². The third-order valence-corrected chi connectivity index (χ3v) is 6.46. The van der Waals surface area contributed by atoms with E-state index in [1.54, 1.807) is 28.8 Å². The van der Waals surface area contributed by atoms with E-state index in [0.29, 0.717) is 28.8 Å². The van der Waals surface area contributed by atoms with Crippen molar-refractivity contribution in [2.45, 2.75) is 23.4 Å². The number of thioether (sulfide) groups is 1. The number of carbonyl (C=O) groups excluding carboxylic acids is 1. The highest BCUT2D eigenvalue weighted by atomic mass is 32.2. The molecule has 11 heteroatoms. The topological polar surface area (TPSA) is 112 Å². The Morgan fingerprint density at radius 3 is 2.41 bits per heavy atom. The summed E-state index contributed by atoms with van der Waals surface area (Å²) in [7, 11) is 1.44. The summed E-state index contributed by atoms with van der Waals surface area (Å²) in [6.45, 7) is -0.122. The molecule has 0 fully saturated rings. The largest absolute Gasteiger partial charge is 0.375 e. The van der Waals surface area contributed by atoms with E-state index in [9.17, 15) is 19.3 Å². The Morgan fingerprint density at radius 1 is 1.05 bits per heavy atom. The third-order valence-electron chi connectivity index (χ3n) is 5.46. The van der Waals surface area contributed by atoms with Crippen molar-refractivity contribution < 1.29 is 18.8 Å². The van der Waals surface area contributed by atoms with Gasteiger partial charge in [0.25, 0.3) is 5.69 Å². The summed E-state index contributed by atoms with van der Waals surface area (Å²) in [5.41, 5.74) is 2.42. The lowest BCUT2D eigenvalue weighted by atomic mass is 10.0. The number of amides is 1. The predicted molar refractivity (Wildman–Crippen MR) is 137 cm³/mol. The van der Waals surface area contributed by atoms with Crippen molar-refractivity contribution in [1.82, 2.24) is 20.1 Å². The van der Waals surface area contributed by atoms with Gasteiger partial charge in [-0.1, -0.05) is 54.2 Å². The van der Waals surface area contributed by atoms with Crippen molar-refractivity contribution in [2.24, 2.45) is 0 Å². The van der Waals surface area contributed by atoms with Crippen LogP contribution in [0, 0.1) is 15.9 Å². The quantitative estimate of drug-likeness (QED) is 0.174. The Labute approximate surface area is 216 Å². The minimum atomic E-state index is -0.562. The van der Waals surface area contributed by atoms with E-state index in [1.165, 1.54) is 43.1 Å². The van der Waals surface area contributed by atoms with Crippen molar-refractivity contribution in [1.29, 1.82) is 0 Å². The highest BCUT2D eigenvalue weighted by Crippen LogP contribution is 2.30. The predicted octanol–water partition coefficient (Wildman–Crippen LogP) is 4.65. The van der Waals surface area contributed by atoms with E-state index >= 15 is 0 Å². The zero-order valence-corrected chi connectivity index (χ0v) is 20.7. The van der Waals surface area contributed by atoms with Crippen LogP contribution in [0.1, 0.15) is 23.0 Å². The van der Waals surface area contributed by atoms with Crippen LogP contribution in [-0.4, -0.2) is 39.3 Å². The molecule has 0 bridgehead atoms. The zero-order chi connectivity index (χ0) is 26.2. The van der Waals surface area contributed by atoms with Gasteiger partial charge in [0, 0.05) is 30.7 Å². The first-order valence-corrected chi connectivity index (χ1v) is 12.3. The van der Waals surface area contributed by atoms with Crippen LogP contribution in [0.2, 0.25) is 0 Å². The molecule has 4 aromatic rings. The molecule has 37 heavy (non-hydrogen) atoms. The average molecular weight is 522 g/mol. The van der Waals surface area contributed by atoms with Crippen molar-refractivity contribution in [2.75, 3.05) is 13.7 Å². The normalized spacial score (nSPS) is 11.7. The fourth-order valence-corrected chi connectivity index (χ4v) is 4.63. The second-order valence-electron chi connectivity index (χ2n) is 8.11. The minimum Gasteiger partial charge on any atom is -0.375 e. The molecular weight excluding hydrogens is 497 g/mol. The molecule has 0 aliphatic heterocycles. The molecule has 0 saturated heterocycles. The third kappa shape index (κ3) is 6.78. The molecule has 0 spiro atoms. The van der Waals surface area contributed by atoms with E-state index in [4.69, 9.17) is 4.74 Å². The van der Waals surface area contributed by atoms with Gasteiger partial charge in [0.05, 0.1) is 11.0 Å². The monoisotopic (exact) mass is 521 g/mol. The second kappa shape index (κ2) is 12.2. The molecule has 3 aromatic carbocycles. The molecule has 0 radical (unpaired) electrons. The highest BCUT2D eigenvalue weighted by Gasteiger charge is 2.25. The van der Waals surface area contributed by atoms with Gasteiger partial charge < -0.3 is 10.1 Å². The maximum atomic E-state index is 13.3. The van der Waals surface area contributed by atoms with Gasteiger partial charge in [0.1, 0.15) is 12.4 Å². The van der Waals surface area contributed by atoms with E-state index in [1.807, 2.05) is 30.3 Å². The molecule has 1 atom stereocenters. The van der Waals surface area contributed by atoms with Gasteiger partial charge in [0.2, 0.25) is 5.91 Å². The molecular formula is C26H24FN5O4S. The van der Waals surface area contributed by atoms with E-state index in [0.717, 1.165) is 11.1 Å². The lowest BCUT2D eigenvalue weighted by Gasteiger charge is -2.20. The SMILES string of the molecule is COCC(=O)NC(Cc1ccccc1)c1nnc(SCc2ccc(F)cc2)n1-c1ccc([N+](=O)[O-])cc1. The summed E-state index contributed by atoms with van der Waals surface area (Å²) >= 11 is 1.38. The van der Waals surface area contributed by atoms with Gasteiger partial charge in [-0.2, -0.15) is 0 Å². The van der Waals surface area contributed by atoms with Gasteiger partial charge in [-0.3, -0.25) is 19.5 Å². The highest BCUT2D eigenvalue weighted by molar-refractivity contribution is 7.98. The zero-order valence-electron chi connectivity index (χ0n) is 19.9. The Hall–Kier alpha value is -4.09. The summed E-state index contributed by atoms with van der Waals surface area (Å²) in [6, 6.07) is 21.3. The number of benzene rings is 3. The summed E-state index contributed by atoms with van der Waals surface area (Å²) in [4.78, 5) is 23.3. The Morgan fingerprint density at radius 2 is 1.76 bits per heavy atom. The van der Waals surface area contributed by atoms with E-state index < -0.39 is 11.0 Å². The Bertz CT molecular complexity index is 1350. The number of non-ortho nitro benzene ring substituents is 1. The molecule has 0 aliphatic carbocycles. The number of nitro benzene ring substituents is 1. The summed E-state index contributed by atoms with van der Waals surface area (Å²) < 4.78 is 20.1. The molecule has 1 aromatic heterocycles. The number of rotatable bonds is 11. The minimum absolute atomic E-state index is 0.0480. The Kier molecular flexibility index (Phi) is 8.60. The van der Waals surface area contributed by atoms with Crippen LogP contribution < -0.4 is 5.32 Å². The number of carbonyl (C=O) groups is 1. The van der Waals surface area contributed by atoms with Crippen LogP contribution in [0.5, 0.6) is 0 Å². The number of nitrogens with zero attached hydrogens (tertiary/aromatic N) is 4. The van der Waals surface area contributed by atoms with Crippen LogP contribution in [0.25, 0.3) is 5.69 Å². The van der Waals surface area contributed by atoms with Gasteiger partial charge in [-0.05, 0) is 41.8 Å². The number of methoxy groups -OCH3 is 1. The number of ether oxygens (including phenoxy) is 1. The van der Waals surface area contributed by atoms with Gasteiger partial charge in [-0.25, -0.2) is 4.39 Å². The first kappa shape index (κ1) is 26.0. The lowest BCUT2D eigenvalue weighted by molar-refractivity contribution is -0.384. The molecule has 4 rings (SSSR count). The number of aromatic nitrogens is 3. The smallest absolute Gasteiger partial charge is 0.269 e. The first-order chi connectivity index (χ1) is 17.9. The molecule has 190 valence electrons. The van der Waals surface area contributed by atoms with Crippen molar-refractivity contribution >= 4 is 23.4 Å². The van der Waals surface area contributed by atoms with E-state index in [2.05, 4.69) is 15.5 Å². The summed E-state index contributed by atoms with van der Waals surface area (Å²) in [5.74, 6) is 0.316. The number of nitrogens with one attached hydrogen (secondary N) is 1. The van der Waals surface area contributed by atoms with Gasteiger partial charge in [0.15, 0.2) is 11.0 Å². The number of halogens is 1. The first-order valence-electron chi connectivity index (χ1n) is 11.3. The standard InChI is InChI=1S/C26H24FN5O4S/c1-36-16-24(33)28-23(15-18-5-3-2-4-6-18)25-29-30-26(37-17-19-7-9-20(27)10-8-19)31(25)21-11-13-22(14-12-21)32(34)35/h2-14,23H,15-17H2,1H3,(H,28,33). The maximum absolute atomic E-state index is 13.3. The Balaban J connectivity index is 1.73. The number of nitro groups is 1. The van der Waals surface area contributed by atoms with E-state index in [-0.39, 0.29) is 24.0 Å². The van der Waals surface area contributed by atoms with Crippen molar-refractivity contribution in [3.63, 3.8) is 0 Å². The fourth-order valence-electron chi connectivity index (χ4n) is 3.72. The van der Waals surface area contributed by atoms with Crippen molar-refractivity contribution in [3.05, 3.63) is 112 Å². The molecule has 9 nitrogen and oxygen atoms in total. The molecule has 1 N–H and O–H groups in total. The van der Waals surface area contributed by atoms with Crippen LogP contribution >= 0.6 is 11.8 Å². The fraction of sp³-hybridized carbons (Fsp3) is 0.192.